The maximum absolute atomic E-state index is 10.9. The van der Waals surface area contributed by atoms with E-state index in [1.807, 2.05) is 36.6 Å². The fraction of sp³-hybridized carbons (Fsp3) is 0.412. The molecular weight excluding hydrogens is 328 g/mol. The van der Waals surface area contributed by atoms with Gasteiger partial charge in [-0.2, -0.15) is 0 Å². The highest BCUT2D eigenvalue weighted by atomic mass is 32.1. The van der Waals surface area contributed by atoms with E-state index < -0.39 is 6.09 Å². The molecule has 0 aliphatic carbocycles. The van der Waals surface area contributed by atoms with Gasteiger partial charge in [-0.3, -0.25) is 0 Å². The molecule has 1 aliphatic heterocycles. The molecule has 2 unspecified atom stereocenters. The van der Waals surface area contributed by atoms with Crippen LogP contribution in [0.15, 0.2) is 29.6 Å². The van der Waals surface area contributed by atoms with Crippen molar-refractivity contribution in [1.82, 2.24) is 10.3 Å². The van der Waals surface area contributed by atoms with Crippen LogP contribution in [-0.4, -0.2) is 42.0 Å². The van der Waals surface area contributed by atoms with Gasteiger partial charge in [-0.25, -0.2) is 9.78 Å². The fourth-order valence-corrected chi connectivity index (χ4v) is 3.35. The van der Waals surface area contributed by atoms with Crippen molar-refractivity contribution in [2.45, 2.75) is 19.4 Å². The molecule has 24 heavy (non-hydrogen) atoms. The first kappa shape index (κ1) is 16.7. The summed E-state index contributed by atoms with van der Waals surface area (Å²) in [6.07, 6.45) is -0.336. The number of ether oxygens (including phenoxy) is 2. The van der Waals surface area contributed by atoms with E-state index in [0.29, 0.717) is 26.2 Å². The molecule has 6 nitrogen and oxygen atoms in total. The van der Waals surface area contributed by atoms with Gasteiger partial charge in [0.05, 0.1) is 23.9 Å². The van der Waals surface area contributed by atoms with Crippen LogP contribution in [0.5, 0.6) is 5.75 Å². The summed E-state index contributed by atoms with van der Waals surface area (Å²) in [5.41, 5.74) is 2.02. The summed E-state index contributed by atoms with van der Waals surface area (Å²) in [6.45, 7) is 3.48. The predicted molar refractivity (Wildman–Crippen MR) is 91.7 cm³/mol. The van der Waals surface area contributed by atoms with E-state index in [9.17, 15) is 4.79 Å². The van der Waals surface area contributed by atoms with Gasteiger partial charge in [0.1, 0.15) is 5.75 Å². The molecule has 1 saturated heterocycles. The van der Waals surface area contributed by atoms with Crippen LogP contribution < -0.4 is 10.1 Å². The van der Waals surface area contributed by atoms with Gasteiger partial charge in [-0.05, 0) is 37.6 Å². The van der Waals surface area contributed by atoms with Crippen LogP contribution in [0.25, 0.3) is 11.3 Å². The molecule has 1 aromatic heterocycles. The van der Waals surface area contributed by atoms with Crippen molar-refractivity contribution >= 4 is 17.4 Å². The Labute approximate surface area is 144 Å². The molecule has 1 fully saturated rings. The molecule has 1 aliphatic rings. The third kappa shape index (κ3) is 4.24. The van der Waals surface area contributed by atoms with E-state index in [4.69, 9.17) is 14.6 Å². The molecule has 1 aromatic carbocycles. The van der Waals surface area contributed by atoms with E-state index >= 15 is 0 Å². The van der Waals surface area contributed by atoms with E-state index in [1.165, 1.54) is 0 Å². The van der Waals surface area contributed by atoms with Gasteiger partial charge < -0.3 is 19.9 Å². The lowest BCUT2D eigenvalue weighted by molar-refractivity contribution is 0.0140. The summed E-state index contributed by atoms with van der Waals surface area (Å²) < 4.78 is 11.3. The minimum Gasteiger partial charge on any atom is -0.493 e. The topological polar surface area (TPSA) is 80.7 Å². The maximum atomic E-state index is 10.9. The Balaban J connectivity index is 1.58. The van der Waals surface area contributed by atoms with Crippen molar-refractivity contribution in [2.24, 2.45) is 5.92 Å². The van der Waals surface area contributed by atoms with Gasteiger partial charge in [-0.15, -0.1) is 11.3 Å². The van der Waals surface area contributed by atoms with Gasteiger partial charge in [0.25, 0.3) is 0 Å². The third-order valence-corrected chi connectivity index (χ3v) is 4.79. The number of carboxylic acid groups (broad SMARTS) is 1. The smallest absolute Gasteiger partial charge is 0.404 e. The van der Waals surface area contributed by atoms with Crippen molar-refractivity contribution < 1.29 is 19.4 Å². The SMILES string of the molecule is Cc1nc(-c2ccc(OCC3COCCC3NC(=O)O)cc2)cs1. The second kappa shape index (κ2) is 7.63. The lowest BCUT2D eigenvalue weighted by atomic mass is 9.97. The van der Waals surface area contributed by atoms with Gasteiger partial charge in [0, 0.05) is 29.5 Å². The molecule has 2 heterocycles. The lowest BCUT2D eigenvalue weighted by Crippen LogP contribution is -2.47. The largest absolute Gasteiger partial charge is 0.493 e. The Morgan fingerprint density at radius 1 is 1.46 bits per heavy atom. The van der Waals surface area contributed by atoms with Crippen LogP contribution in [0, 0.1) is 12.8 Å². The number of rotatable bonds is 5. The van der Waals surface area contributed by atoms with Crippen LogP contribution in [0.3, 0.4) is 0 Å². The van der Waals surface area contributed by atoms with Gasteiger partial charge in [0.15, 0.2) is 0 Å². The number of hydrogen-bond acceptors (Lipinski definition) is 5. The third-order valence-electron chi connectivity index (χ3n) is 4.02. The predicted octanol–water partition coefficient (Wildman–Crippen LogP) is 3.17. The Bertz CT molecular complexity index is 686. The molecule has 2 N–H and O–H groups in total. The first-order chi connectivity index (χ1) is 11.6. The number of amides is 1. The number of aryl methyl sites for hydroxylation is 1. The fourth-order valence-electron chi connectivity index (χ4n) is 2.73. The van der Waals surface area contributed by atoms with E-state index in [-0.39, 0.29) is 12.0 Å². The second-order valence-corrected chi connectivity index (χ2v) is 6.83. The Morgan fingerprint density at radius 3 is 2.92 bits per heavy atom. The van der Waals surface area contributed by atoms with Crippen LogP contribution in [-0.2, 0) is 4.74 Å². The number of thiazole rings is 1. The normalized spacial score (nSPS) is 20.5. The second-order valence-electron chi connectivity index (χ2n) is 5.77. The van der Waals surface area contributed by atoms with Crippen LogP contribution in [0.2, 0.25) is 0 Å². The molecule has 3 rings (SSSR count). The number of benzene rings is 1. The van der Waals surface area contributed by atoms with Crippen LogP contribution >= 0.6 is 11.3 Å². The minimum absolute atomic E-state index is 0.00992. The highest BCUT2D eigenvalue weighted by Crippen LogP contribution is 2.24. The summed E-state index contributed by atoms with van der Waals surface area (Å²) >= 11 is 1.63. The molecule has 128 valence electrons. The van der Waals surface area contributed by atoms with E-state index in [2.05, 4.69) is 10.3 Å². The summed E-state index contributed by atoms with van der Waals surface area (Å²) in [5, 5.41) is 14.5. The Hall–Kier alpha value is -2.12. The molecule has 7 heteroatoms. The van der Waals surface area contributed by atoms with Crippen molar-refractivity contribution in [2.75, 3.05) is 19.8 Å². The summed E-state index contributed by atoms with van der Waals surface area (Å²) in [7, 11) is 0. The van der Waals surface area contributed by atoms with Crippen molar-refractivity contribution in [1.29, 1.82) is 0 Å². The molecule has 0 bridgehead atoms. The number of hydrogen-bond donors (Lipinski definition) is 2. The summed E-state index contributed by atoms with van der Waals surface area (Å²) in [5.74, 6) is 0.765. The van der Waals surface area contributed by atoms with Gasteiger partial charge in [-0.1, -0.05) is 0 Å². The first-order valence-electron chi connectivity index (χ1n) is 7.84. The average Bonchev–Trinajstić information content (AvgIpc) is 3.00. The summed E-state index contributed by atoms with van der Waals surface area (Å²) in [6, 6.07) is 7.65. The standard InChI is InChI=1S/C17H20N2O4S/c1-11-18-16(10-24-11)12-2-4-14(5-3-12)23-9-13-8-22-7-6-15(13)19-17(20)21/h2-5,10,13,15,19H,6-9H2,1H3,(H,20,21). The highest BCUT2D eigenvalue weighted by molar-refractivity contribution is 7.09. The quantitative estimate of drug-likeness (QED) is 0.867. The van der Waals surface area contributed by atoms with Gasteiger partial charge >= 0.3 is 6.09 Å². The Morgan fingerprint density at radius 2 is 2.25 bits per heavy atom. The summed E-state index contributed by atoms with van der Waals surface area (Å²) in [4.78, 5) is 15.3. The number of nitrogens with one attached hydrogen (secondary N) is 1. The molecule has 1 amide bonds. The molecular formula is C17H20N2O4S. The molecule has 0 saturated carbocycles. The first-order valence-corrected chi connectivity index (χ1v) is 8.72. The number of nitrogens with zero attached hydrogens (tertiary/aromatic N) is 1. The van der Waals surface area contributed by atoms with Crippen molar-refractivity contribution in [3.8, 4) is 17.0 Å². The van der Waals surface area contributed by atoms with Crippen molar-refractivity contribution in [3.05, 3.63) is 34.7 Å². The highest BCUT2D eigenvalue weighted by Gasteiger charge is 2.27. The number of aromatic nitrogens is 1. The van der Waals surface area contributed by atoms with Crippen molar-refractivity contribution in [3.63, 3.8) is 0 Å². The molecule has 0 radical (unpaired) electrons. The lowest BCUT2D eigenvalue weighted by Gasteiger charge is -2.31. The molecule has 2 atom stereocenters. The molecule has 2 aromatic rings. The minimum atomic E-state index is -1.00. The zero-order valence-electron chi connectivity index (χ0n) is 13.4. The maximum Gasteiger partial charge on any atom is 0.404 e. The van der Waals surface area contributed by atoms with E-state index in [1.54, 1.807) is 11.3 Å². The van der Waals surface area contributed by atoms with E-state index in [0.717, 1.165) is 22.0 Å². The van der Waals surface area contributed by atoms with Gasteiger partial charge in [0.2, 0.25) is 0 Å². The van der Waals surface area contributed by atoms with Crippen LogP contribution in [0.4, 0.5) is 4.79 Å². The average molecular weight is 348 g/mol. The monoisotopic (exact) mass is 348 g/mol. The number of carbonyl (C=O) groups is 1. The zero-order chi connectivity index (χ0) is 16.9. The Kier molecular flexibility index (Phi) is 5.32. The molecule has 0 spiro atoms. The van der Waals surface area contributed by atoms with Crippen LogP contribution in [0.1, 0.15) is 11.4 Å². The zero-order valence-corrected chi connectivity index (χ0v) is 14.2.